The SMILES string of the molecule is CSc1ccc(C)cc1OC(N)=O. The Bertz CT molecular complexity index is 325. The summed E-state index contributed by atoms with van der Waals surface area (Å²) in [5, 5.41) is 0. The lowest BCUT2D eigenvalue weighted by molar-refractivity contribution is 0.210. The molecule has 0 bridgehead atoms. The summed E-state index contributed by atoms with van der Waals surface area (Å²) in [5.41, 5.74) is 5.96. The number of hydrogen-bond acceptors (Lipinski definition) is 3. The van der Waals surface area contributed by atoms with Gasteiger partial charge in [-0.15, -0.1) is 11.8 Å². The van der Waals surface area contributed by atoms with Crippen LogP contribution in [0.4, 0.5) is 4.79 Å². The zero-order chi connectivity index (χ0) is 9.84. The minimum atomic E-state index is -0.777. The van der Waals surface area contributed by atoms with Crippen LogP contribution in [-0.2, 0) is 0 Å². The van der Waals surface area contributed by atoms with Crippen molar-refractivity contribution in [3.05, 3.63) is 23.8 Å². The third-order valence-electron chi connectivity index (χ3n) is 1.53. The smallest absolute Gasteiger partial charge is 0.409 e. The lowest BCUT2D eigenvalue weighted by atomic mass is 10.2. The van der Waals surface area contributed by atoms with Gasteiger partial charge in [-0.05, 0) is 30.9 Å². The van der Waals surface area contributed by atoms with Crippen molar-refractivity contribution in [3.63, 3.8) is 0 Å². The van der Waals surface area contributed by atoms with Crippen LogP contribution in [0.3, 0.4) is 0 Å². The molecule has 0 saturated carbocycles. The first-order valence-corrected chi connectivity index (χ1v) is 4.98. The van der Waals surface area contributed by atoms with Gasteiger partial charge in [0.1, 0.15) is 5.75 Å². The summed E-state index contributed by atoms with van der Waals surface area (Å²) in [7, 11) is 0. The van der Waals surface area contributed by atoms with Gasteiger partial charge in [-0.3, -0.25) is 0 Å². The second-order valence-corrected chi connectivity index (χ2v) is 3.42. The summed E-state index contributed by atoms with van der Waals surface area (Å²) < 4.78 is 4.84. The number of ether oxygens (including phenoxy) is 1. The van der Waals surface area contributed by atoms with E-state index in [2.05, 4.69) is 0 Å². The first kappa shape index (κ1) is 9.92. The predicted octanol–water partition coefficient (Wildman–Crippen LogP) is 2.17. The third kappa shape index (κ3) is 2.66. The molecule has 13 heavy (non-hydrogen) atoms. The fourth-order valence-electron chi connectivity index (χ4n) is 0.972. The number of aryl methyl sites for hydroxylation is 1. The van der Waals surface area contributed by atoms with Crippen molar-refractivity contribution in [2.24, 2.45) is 5.73 Å². The van der Waals surface area contributed by atoms with Gasteiger partial charge in [-0.2, -0.15) is 0 Å². The average molecular weight is 197 g/mol. The van der Waals surface area contributed by atoms with Crippen molar-refractivity contribution in [2.45, 2.75) is 11.8 Å². The quantitative estimate of drug-likeness (QED) is 0.739. The van der Waals surface area contributed by atoms with Crippen molar-refractivity contribution in [3.8, 4) is 5.75 Å². The van der Waals surface area contributed by atoms with E-state index in [0.717, 1.165) is 10.5 Å². The van der Waals surface area contributed by atoms with Crippen LogP contribution >= 0.6 is 11.8 Å². The monoisotopic (exact) mass is 197 g/mol. The summed E-state index contributed by atoms with van der Waals surface area (Å²) in [6.07, 6.45) is 1.14. The summed E-state index contributed by atoms with van der Waals surface area (Å²) in [6, 6.07) is 5.65. The fraction of sp³-hybridized carbons (Fsp3) is 0.222. The molecule has 0 aliphatic carbocycles. The van der Waals surface area contributed by atoms with Crippen LogP contribution < -0.4 is 10.5 Å². The molecular formula is C9H11NO2S. The minimum absolute atomic E-state index is 0.528. The van der Waals surface area contributed by atoms with E-state index in [0.29, 0.717) is 5.75 Å². The van der Waals surface area contributed by atoms with E-state index < -0.39 is 6.09 Å². The summed E-state index contributed by atoms with van der Waals surface area (Å²) >= 11 is 1.51. The number of nitrogens with two attached hydrogens (primary N) is 1. The van der Waals surface area contributed by atoms with E-state index in [1.807, 2.05) is 25.3 Å². The first-order chi connectivity index (χ1) is 6.13. The molecule has 2 N–H and O–H groups in total. The van der Waals surface area contributed by atoms with Gasteiger partial charge < -0.3 is 10.5 Å². The molecule has 3 nitrogen and oxygen atoms in total. The number of carbonyl (C=O) groups is 1. The van der Waals surface area contributed by atoms with Crippen LogP contribution in [0.15, 0.2) is 23.1 Å². The molecule has 4 heteroatoms. The van der Waals surface area contributed by atoms with Crippen molar-refractivity contribution in [1.82, 2.24) is 0 Å². The molecule has 1 rings (SSSR count). The van der Waals surface area contributed by atoms with Gasteiger partial charge >= 0.3 is 6.09 Å². The van der Waals surface area contributed by atoms with Crippen molar-refractivity contribution in [1.29, 1.82) is 0 Å². The standard InChI is InChI=1S/C9H11NO2S/c1-6-3-4-8(13-2)7(5-6)12-9(10)11/h3-5H,1-2H3,(H2,10,11). The highest BCUT2D eigenvalue weighted by Gasteiger charge is 2.05. The molecule has 0 aliphatic rings. The van der Waals surface area contributed by atoms with E-state index in [1.165, 1.54) is 11.8 Å². The summed E-state index contributed by atoms with van der Waals surface area (Å²) in [6.45, 7) is 1.93. The lowest BCUT2D eigenvalue weighted by Gasteiger charge is -2.06. The van der Waals surface area contributed by atoms with Gasteiger partial charge in [0, 0.05) is 4.90 Å². The Morgan fingerprint density at radius 2 is 2.23 bits per heavy atom. The molecule has 0 radical (unpaired) electrons. The van der Waals surface area contributed by atoms with E-state index in [9.17, 15) is 4.79 Å². The second-order valence-electron chi connectivity index (χ2n) is 2.58. The zero-order valence-corrected chi connectivity index (χ0v) is 8.35. The van der Waals surface area contributed by atoms with Gasteiger partial charge in [0.2, 0.25) is 0 Å². The fourth-order valence-corrected chi connectivity index (χ4v) is 1.48. The van der Waals surface area contributed by atoms with E-state index in [4.69, 9.17) is 10.5 Å². The Balaban J connectivity index is 3.01. The minimum Gasteiger partial charge on any atom is -0.409 e. The van der Waals surface area contributed by atoms with Crippen molar-refractivity contribution < 1.29 is 9.53 Å². The largest absolute Gasteiger partial charge is 0.410 e. The Morgan fingerprint density at radius 1 is 1.54 bits per heavy atom. The number of rotatable bonds is 2. The molecule has 0 atom stereocenters. The number of primary amides is 1. The predicted molar refractivity (Wildman–Crippen MR) is 53.2 cm³/mol. The van der Waals surface area contributed by atoms with Crippen molar-refractivity contribution >= 4 is 17.9 Å². The van der Waals surface area contributed by atoms with E-state index in [1.54, 1.807) is 6.07 Å². The maximum atomic E-state index is 10.5. The molecule has 70 valence electrons. The summed E-state index contributed by atoms with van der Waals surface area (Å²) in [5.74, 6) is 0.528. The molecule has 0 aromatic heterocycles. The number of carbonyl (C=O) groups excluding carboxylic acids is 1. The highest BCUT2D eigenvalue weighted by Crippen LogP contribution is 2.28. The number of thioether (sulfide) groups is 1. The summed E-state index contributed by atoms with van der Waals surface area (Å²) in [4.78, 5) is 11.4. The zero-order valence-electron chi connectivity index (χ0n) is 7.53. The Hall–Kier alpha value is -1.16. The molecule has 0 heterocycles. The molecule has 0 aliphatic heterocycles. The van der Waals surface area contributed by atoms with Crippen LogP contribution in [0.5, 0.6) is 5.75 Å². The van der Waals surface area contributed by atoms with Crippen LogP contribution in [0, 0.1) is 6.92 Å². The second kappa shape index (κ2) is 4.18. The van der Waals surface area contributed by atoms with E-state index in [-0.39, 0.29) is 0 Å². The lowest BCUT2D eigenvalue weighted by Crippen LogP contribution is -2.16. The van der Waals surface area contributed by atoms with Gasteiger partial charge in [0.25, 0.3) is 0 Å². The molecule has 0 spiro atoms. The Morgan fingerprint density at radius 3 is 2.77 bits per heavy atom. The van der Waals surface area contributed by atoms with Gasteiger partial charge in [0.15, 0.2) is 0 Å². The van der Waals surface area contributed by atoms with Gasteiger partial charge in [-0.1, -0.05) is 6.07 Å². The van der Waals surface area contributed by atoms with Crippen LogP contribution in [0.2, 0.25) is 0 Å². The van der Waals surface area contributed by atoms with Crippen LogP contribution in [0.25, 0.3) is 0 Å². The molecule has 0 saturated heterocycles. The maximum Gasteiger partial charge on any atom is 0.410 e. The first-order valence-electron chi connectivity index (χ1n) is 3.75. The van der Waals surface area contributed by atoms with Gasteiger partial charge in [-0.25, -0.2) is 4.79 Å². The molecular weight excluding hydrogens is 186 g/mol. The molecule has 1 aromatic rings. The number of hydrogen-bond donors (Lipinski definition) is 1. The maximum absolute atomic E-state index is 10.5. The number of amides is 1. The number of benzene rings is 1. The molecule has 1 amide bonds. The van der Waals surface area contributed by atoms with Gasteiger partial charge in [0.05, 0.1) is 0 Å². The average Bonchev–Trinajstić information content (AvgIpc) is 2.03. The van der Waals surface area contributed by atoms with E-state index >= 15 is 0 Å². The Labute approximate surface area is 81.3 Å². The Kier molecular flexibility index (Phi) is 3.19. The highest BCUT2D eigenvalue weighted by molar-refractivity contribution is 7.98. The third-order valence-corrected chi connectivity index (χ3v) is 2.31. The van der Waals surface area contributed by atoms with Crippen LogP contribution in [-0.4, -0.2) is 12.3 Å². The molecule has 1 aromatic carbocycles. The normalized spacial score (nSPS) is 9.69. The van der Waals surface area contributed by atoms with Crippen LogP contribution in [0.1, 0.15) is 5.56 Å². The molecule has 0 unspecified atom stereocenters. The topological polar surface area (TPSA) is 52.3 Å². The highest BCUT2D eigenvalue weighted by atomic mass is 32.2. The molecule has 0 fully saturated rings. The van der Waals surface area contributed by atoms with Crippen molar-refractivity contribution in [2.75, 3.05) is 6.26 Å².